The first-order valence-corrected chi connectivity index (χ1v) is 6.71. The van der Waals surface area contributed by atoms with Gasteiger partial charge in [0.15, 0.2) is 0 Å². The van der Waals surface area contributed by atoms with Crippen molar-refractivity contribution in [2.75, 3.05) is 6.54 Å². The first-order valence-electron chi connectivity index (χ1n) is 6.71. The van der Waals surface area contributed by atoms with Crippen molar-refractivity contribution in [3.05, 3.63) is 35.9 Å². The van der Waals surface area contributed by atoms with Gasteiger partial charge in [-0.25, -0.2) is 4.79 Å². The molecule has 0 fully saturated rings. The Labute approximate surface area is 119 Å². The van der Waals surface area contributed by atoms with Gasteiger partial charge in [0.05, 0.1) is 0 Å². The summed E-state index contributed by atoms with van der Waals surface area (Å²) < 4.78 is 0. The second kappa shape index (κ2) is 7.53. The van der Waals surface area contributed by atoms with Gasteiger partial charge in [0, 0.05) is 18.5 Å². The Morgan fingerprint density at radius 1 is 1.20 bits per heavy atom. The molecule has 0 saturated carbocycles. The van der Waals surface area contributed by atoms with Crippen LogP contribution in [0.2, 0.25) is 0 Å². The fraction of sp³-hybridized carbons (Fsp3) is 0.467. The SMILES string of the molecule is CC(C)(CCC(=O)O)NC(=O)NCCc1ccccc1. The predicted octanol–water partition coefficient (Wildman–Crippen LogP) is 2.17. The third-order valence-corrected chi connectivity index (χ3v) is 2.96. The second-order valence-electron chi connectivity index (χ2n) is 5.39. The number of aliphatic carboxylic acids is 1. The molecule has 0 aromatic heterocycles. The Balaban J connectivity index is 2.27. The minimum absolute atomic E-state index is 0.0390. The highest BCUT2D eigenvalue weighted by Gasteiger charge is 2.21. The summed E-state index contributed by atoms with van der Waals surface area (Å²) in [5.41, 5.74) is 0.632. The smallest absolute Gasteiger partial charge is 0.315 e. The van der Waals surface area contributed by atoms with Gasteiger partial charge in [0.1, 0.15) is 0 Å². The molecule has 0 bridgehead atoms. The van der Waals surface area contributed by atoms with Crippen LogP contribution in [0.25, 0.3) is 0 Å². The zero-order chi connectivity index (χ0) is 15.0. The highest BCUT2D eigenvalue weighted by Crippen LogP contribution is 2.10. The van der Waals surface area contributed by atoms with Crippen LogP contribution < -0.4 is 10.6 Å². The summed E-state index contributed by atoms with van der Waals surface area (Å²) >= 11 is 0. The van der Waals surface area contributed by atoms with Gasteiger partial charge in [0.2, 0.25) is 0 Å². The summed E-state index contributed by atoms with van der Waals surface area (Å²) in [7, 11) is 0. The molecule has 0 spiro atoms. The van der Waals surface area contributed by atoms with Crippen LogP contribution in [0.1, 0.15) is 32.3 Å². The Hall–Kier alpha value is -2.04. The quantitative estimate of drug-likeness (QED) is 0.715. The first-order chi connectivity index (χ1) is 9.39. The van der Waals surface area contributed by atoms with E-state index < -0.39 is 11.5 Å². The maximum absolute atomic E-state index is 11.7. The summed E-state index contributed by atoms with van der Waals surface area (Å²) in [6.45, 7) is 4.17. The van der Waals surface area contributed by atoms with Crippen molar-refractivity contribution >= 4 is 12.0 Å². The van der Waals surface area contributed by atoms with Gasteiger partial charge in [-0.2, -0.15) is 0 Å². The maximum atomic E-state index is 11.7. The normalized spacial score (nSPS) is 10.9. The highest BCUT2D eigenvalue weighted by molar-refractivity contribution is 5.74. The standard InChI is InChI=1S/C15H22N2O3/c1-15(2,10-8-13(18)19)17-14(20)16-11-9-12-6-4-3-5-7-12/h3-7H,8-11H2,1-2H3,(H,18,19)(H2,16,17,20). The lowest BCUT2D eigenvalue weighted by Gasteiger charge is -2.25. The summed E-state index contributed by atoms with van der Waals surface area (Å²) in [5.74, 6) is -0.857. The van der Waals surface area contributed by atoms with E-state index in [1.54, 1.807) is 0 Å². The molecule has 1 aromatic carbocycles. The van der Waals surface area contributed by atoms with Gasteiger partial charge < -0.3 is 15.7 Å². The van der Waals surface area contributed by atoms with Crippen molar-refractivity contribution in [1.82, 2.24) is 10.6 Å². The van der Waals surface area contributed by atoms with Crippen molar-refractivity contribution < 1.29 is 14.7 Å². The minimum atomic E-state index is -0.857. The van der Waals surface area contributed by atoms with Crippen LogP contribution >= 0.6 is 0 Å². The zero-order valence-corrected chi connectivity index (χ0v) is 12.0. The van der Waals surface area contributed by atoms with Crippen LogP contribution in [0, 0.1) is 0 Å². The number of nitrogens with one attached hydrogen (secondary N) is 2. The van der Waals surface area contributed by atoms with Gasteiger partial charge in [0.25, 0.3) is 0 Å². The molecule has 0 unspecified atom stereocenters. The van der Waals surface area contributed by atoms with Crippen molar-refractivity contribution in [3.63, 3.8) is 0 Å². The molecule has 5 nitrogen and oxygen atoms in total. The molecule has 0 aliphatic rings. The number of carbonyl (C=O) groups excluding carboxylic acids is 1. The number of benzene rings is 1. The molecule has 3 N–H and O–H groups in total. The van der Waals surface area contributed by atoms with Crippen LogP contribution in [0.15, 0.2) is 30.3 Å². The fourth-order valence-corrected chi connectivity index (χ4v) is 1.80. The van der Waals surface area contributed by atoms with E-state index in [1.165, 1.54) is 0 Å². The lowest BCUT2D eigenvalue weighted by Crippen LogP contribution is -2.48. The molecule has 2 amide bonds. The molecule has 0 aliphatic heterocycles. The van der Waals surface area contributed by atoms with Crippen LogP contribution in [-0.2, 0) is 11.2 Å². The number of hydrogen-bond donors (Lipinski definition) is 3. The van der Waals surface area contributed by atoms with E-state index in [0.717, 1.165) is 12.0 Å². The monoisotopic (exact) mass is 278 g/mol. The number of carboxylic acids is 1. The molecule has 20 heavy (non-hydrogen) atoms. The van der Waals surface area contributed by atoms with E-state index in [1.807, 2.05) is 44.2 Å². The summed E-state index contributed by atoms with van der Waals surface area (Å²) in [4.78, 5) is 22.3. The number of carbonyl (C=O) groups is 2. The van der Waals surface area contributed by atoms with Crippen molar-refractivity contribution in [1.29, 1.82) is 0 Å². The van der Waals surface area contributed by atoms with E-state index in [9.17, 15) is 9.59 Å². The second-order valence-corrected chi connectivity index (χ2v) is 5.39. The van der Waals surface area contributed by atoms with Gasteiger partial charge in [-0.3, -0.25) is 4.79 Å². The third kappa shape index (κ3) is 6.78. The number of rotatable bonds is 7. The predicted molar refractivity (Wildman–Crippen MR) is 77.6 cm³/mol. The number of urea groups is 1. The van der Waals surface area contributed by atoms with Gasteiger partial charge >= 0.3 is 12.0 Å². The zero-order valence-electron chi connectivity index (χ0n) is 12.0. The Morgan fingerprint density at radius 3 is 2.45 bits per heavy atom. The van der Waals surface area contributed by atoms with Crippen LogP contribution in [0.4, 0.5) is 4.79 Å². The summed E-state index contributed by atoms with van der Waals surface area (Å²) in [6, 6.07) is 9.63. The molecule has 0 aliphatic carbocycles. The van der Waals surface area contributed by atoms with Crippen LogP contribution in [-0.4, -0.2) is 29.2 Å². The number of amides is 2. The molecule has 5 heteroatoms. The van der Waals surface area contributed by atoms with E-state index in [4.69, 9.17) is 5.11 Å². The lowest BCUT2D eigenvalue weighted by atomic mass is 9.99. The Kier molecular flexibility index (Phi) is 6.03. The molecule has 110 valence electrons. The van der Waals surface area contributed by atoms with Gasteiger partial charge in [-0.15, -0.1) is 0 Å². The molecular formula is C15H22N2O3. The largest absolute Gasteiger partial charge is 0.481 e. The molecule has 0 atom stereocenters. The van der Waals surface area contributed by atoms with Crippen molar-refractivity contribution in [2.45, 2.75) is 38.6 Å². The van der Waals surface area contributed by atoms with Crippen LogP contribution in [0.5, 0.6) is 0 Å². The maximum Gasteiger partial charge on any atom is 0.315 e. The molecule has 1 rings (SSSR count). The molecule has 1 aromatic rings. The Morgan fingerprint density at radius 2 is 1.85 bits per heavy atom. The third-order valence-electron chi connectivity index (χ3n) is 2.96. The lowest BCUT2D eigenvalue weighted by molar-refractivity contribution is -0.137. The highest BCUT2D eigenvalue weighted by atomic mass is 16.4. The molecular weight excluding hydrogens is 256 g/mol. The molecule has 0 radical (unpaired) electrons. The number of hydrogen-bond acceptors (Lipinski definition) is 2. The summed E-state index contributed by atoms with van der Waals surface area (Å²) in [6.07, 6.45) is 1.20. The topological polar surface area (TPSA) is 78.4 Å². The Bertz CT molecular complexity index is 444. The van der Waals surface area contributed by atoms with E-state index in [0.29, 0.717) is 13.0 Å². The first kappa shape index (κ1) is 16.0. The van der Waals surface area contributed by atoms with Crippen molar-refractivity contribution in [3.8, 4) is 0 Å². The van der Waals surface area contributed by atoms with E-state index in [2.05, 4.69) is 10.6 Å². The van der Waals surface area contributed by atoms with Crippen molar-refractivity contribution in [2.24, 2.45) is 0 Å². The average Bonchev–Trinajstić information content (AvgIpc) is 2.37. The van der Waals surface area contributed by atoms with E-state index in [-0.39, 0.29) is 12.5 Å². The fourth-order valence-electron chi connectivity index (χ4n) is 1.80. The number of carboxylic acid groups (broad SMARTS) is 1. The molecule has 0 saturated heterocycles. The van der Waals surface area contributed by atoms with Crippen LogP contribution in [0.3, 0.4) is 0 Å². The minimum Gasteiger partial charge on any atom is -0.481 e. The summed E-state index contributed by atoms with van der Waals surface area (Å²) in [5, 5.41) is 14.2. The van der Waals surface area contributed by atoms with Gasteiger partial charge in [-0.1, -0.05) is 30.3 Å². The molecule has 0 heterocycles. The average molecular weight is 278 g/mol. The van der Waals surface area contributed by atoms with Gasteiger partial charge in [-0.05, 0) is 32.3 Å². The van der Waals surface area contributed by atoms with E-state index >= 15 is 0 Å².